The molecule has 0 spiro atoms. The van der Waals surface area contributed by atoms with Crippen molar-refractivity contribution < 1.29 is 18.7 Å². The second-order valence-electron chi connectivity index (χ2n) is 4.05. The van der Waals surface area contributed by atoms with Gasteiger partial charge in [-0.2, -0.15) is 0 Å². The summed E-state index contributed by atoms with van der Waals surface area (Å²) in [7, 11) is 2.99. The van der Waals surface area contributed by atoms with Crippen molar-refractivity contribution in [1.29, 1.82) is 0 Å². The van der Waals surface area contributed by atoms with Gasteiger partial charge in [0, 0.05) is 0 Å². The monoisotopic (exact) mass is 254 g/mol. The molecule has 0 saturated heterocycles. The summed E-state index contributed by atoms with van der Waals surface area (Å²) in [4.78, 5) is 24.3. The summed E-state index contributed by atoms with van der Waals surface area (Å²) in [6.07, 6.45) is 1.56. The predicted octanol–water partition coefficient (Wildman–Crippen LogP) is 0.562. The van der Waals surface area contributed by atoms with Crippen molar-refractivity contribution in [3.8, 4) is 0 Å². The van der Waals surface area contributed by atoms with Crippen LogP contribution in [-0.2, 0) is 14.3 Å². The molecule has 1 N–H and O–H groups in total. The Kier molecular flexibility index (Phi) is 5.38. The first-order valence-electron chi connectivity index (χ1n) is 5.61. The second-order valence-corrected chi connectivity index (χ2v) is 4.05. The van der Waals surface area contributed by atoms with Gasteiger partial charge in [0.15, 0.2) is 0 Å². The van der Waals surface area contributed by atoms with Crippen molar-refractivity contribution in [3.63, 3.8) is 0 Å². The van der Waals surface area contributed by atoms with Gasteiger partial charge in [-0.05, 0) is 26.1 Å². The molecule has 1 rings (SSSR count). The van der Waals surface area contributed by atoms with Crippen LogP contribution in [0.2, 0.25) is 0 Å². The van der Waals surface area contributed by atoms with Gasteiger partial charge in [-0.3, -0.25) is 14.5 Å². The third-order valence-corrected chi connectivity index (χ3v) is 2.39. The zero-order chi connectivity index (χ0) is 13.5. The molecule has 1 aromatic rings. The molecule has 6 heteroatoms. The van der Waals surface area contributed by atoms with Crippen LogP contribution in [0.5, 0.6) is 0 Å². The van der Waals surface area contributed by atoms with Gasteiger partial charge in [0.2, 0.25) is 5.91 Å². The van der Waals surface area contributed by atoms with Crippen LogP contribution in [0.4, 0.5) is 0 Å². The number of nitrogens with one attached hydrogen (secondary N) is 1. The Morgan fingerprint density at radius 3 is 2.78 bits per heavy atom. The zero-order valence-electron chi connectivity index (χ0n) is 10.8. The number of hydrogen-bond acceptors (Lipinski definition) is 5. The molecule has 0 aliphatic rings. The quantitative estimate of drug-likeness (QED) is 0.751. The third kappa shape index (κ3) is 4.58. The van der Waals surface area contributed by atoms with Crippen LogP contribution >= 0.6 is 0 Å². The first-order valence-corrected chi connectivity index (χ1v) is 5.61. The van der Waals surface area contributed by atoms with Gasteiger partial charge >= 0.3 is 5.97 Å². The summed E-state index contributed by atoms with van der Waals surface area (Å²) in [6.45, 7) is 2.04. The maximum Gasteiger partial charge on any atom is 0.319 e. The molecular weight excluding hydrogens is 236 g/mol. The number of likely N-dealkylation sites (N-methyl/N-ethyl adjacent to an activating group) is 1. The van der Waals surface area contributed by atoms with E-state index in [-0.39, 0.29) is 31.0 Å². The molecule has 0 aliphatic carbocycles. The molecule has 1 unspecified atom stereocenters. The number of furan rings is 1. The van der Waals surface area contributed by atoms with Gasteiger partial charge in [0.05, 0.1) is 32.5 Å². The molecule has 1 aromatic heterocycles. The van der Waals surface area contributed by atoms with E-state index >= 15 is 0 Å². The number of nitrogens with zero attached hydrogens (tertiary/aromatic N) is 1. The fraction of sp³-hybridized carbons (Fsp3) is 0.500. The lowest BCUT2D eigenvalue weighted by Gasteiger charge is -2.16. The number of rotatable bonds is 6. The van der Waals surface area contributed by atoms with Crippen LogP contribution in [0, 0.1) is 0 Å². The number of ether oxygens (including phenoxy) is 1. The van der Waals surface area contributed by atoms with E-state index in [2.05, 4.69) is 10.1 Å². The molecule has 6 nitrogen and oxygen atoms in total. The Morgan fingerprint density at radius 2 is 2.22 bits per heavy atom. The number of esters is 1. The lowest BCUT2D eigenvalue weighted by Crippen LogP contribution is -2.38. The van der Waals surface area contributed by atoms with E-state index in [1.54, 1.807) is 30.3 Å². The van der Waals surface area contributed by atoms with Crippen molar-refractivity contribution in [1.82, 2.24) is 10.2 Å². The normalized spacial score (nSPS) is 12.2. The van der Waals surface area contributed by atoms with Gasteiger partial charge in [-0.1, -0.05) is 0 Å². The van der Waals surface area contributed by atoms with E-state index in [1.165, 1.54) is 7.11 Å². The smallest absolute Gasteiger partial charge is 0.319 e. The van der Waals surface area contributed by atoms with Crippen LogP contribution < -0.4 is 5.32 Å². The highest BCUT2D eigenvalue weighted by atomic mass is 16.5. The van der Waals surface area contributed by atoms with E-state index in [0.717, 1.165) is 0 Å². The molecule has 1 heterocycles. The molecule has 0 fully saturated rings. The zero-order valence-corrected chi connectivity index (χ0v) is 10.8. The first kappa shape index (κ1) is 14.2. The van der Waals surface area contributed by atoms with Gasteiger partial charge in [0.1, 0.15) is 5.76 Å². The SMILES string of the molecule is COC(=O)CN(C)CC(=O)NC(C)c1ccco1. The third-order valence-electron chi connectivity index (χ3n) is 2.39. The molecule has 0 saturated carbocycles. The molecular formula is C12H18N2O4. The Hall–Kier alpha value is -1.82. The van der Waals surface area contributed by atoms with E-state index in [1.807, 2.05) is 6.92 Å². The highest BCUT2D eigenvalue weighted by molar-refractivity contribution is 5.79. The lowest BCUT2D eigenvalue weighted by atomic mass is 10.2. The van der Waals surface area contributed by atoms with Crippen molar-refractivity contribution in [2.75, 3.05) is 27.2 Å². The van der Waals surface area contributed by atoms with Crippen LogP contribution in [0.3, 0.4) is 0 Å². The molecule has 0 aliphatic heterocycles. The minimum Gasteiger partial charge on any atom is -0.468 e. The number of carbonyl (C=O) groups is 2. The number of methoxy groups -OCH3 is 1. The Balaban J connectivity index is 2.35. The number of carbonyl (C=O) groups excluding carboxylic acids is 2. The van der Waals surface area contributed by atoms with Crippen LogP contribution in [0.25, 0.3) is 0 Å². The fourth-order valence-corrected chi connectivity index (χ4v) is 1.48. The molecule has 1 amide bonds. The minimum atomic E-state index is -0.371. The van der Waals surface area contributed by atoms with Crippen molar-refractivity contribution in [3.05, 3.63) is 24.2 Å². The topological polar surface area (TPSA) is 71.8 Å². The van der Waals surface area contributed by atoms with Crippen LogP contribution in [0.1, 0.15) is 18.7 Å². The molecule has 1 atom stereocenters. The van der Waals surface area contributed by atoms with Gasteiger partial charge in [0.25, 0.3) is 0 Å². The Labute approximate surface area is 106 Å². The summed E-state index contributed by atoms with van der Waals surface area (Å²) in [5.41, 5.74) is 0. The summed E-state index contributed by atoms with van der Waals surface area (Å²) < 4.78 is 9.70. The summed E-state index contributed by atoms with van der Waals surface area (Å²) in [5, 5.41) is 2.78. The lowest BCUT2D eigenvalue weighted by molar-refractivity contribution is -0.141. The second kappa shape index (κ2) is 6.80. The van der Waals surface area contributed by atoms with E-state index < -0.39 is 0 Å². The Bertz CT molecular complexity index is 389. The maximum atomic E-state index is 11.7. The van der Waals surface area contributed by atoms with Crippen molar-refractivity contribution in [2.24, 2.45) is 0 Å². The van der Waals surface area contributed by atoms with E-state index in [0.29, 0.717) is 5.76 Å². The summed E-state index contributed by atoms with van der Waals surface area (Å²) >= 11 is 0. The highest BCUT2D eigenvalue weighted by Gasteiger charge is 2.14. The van der Waals surface area contributed by atoms with E-state index in [9.17, 15) is 9.59 Å². The predicted molar refractivity (Wildman–Crippen MR) is 64.8 cm³/mol. The van der Waals surface area contributed by atoms with Gasteiger partial charge in [-0.15, -0.1) is 0 Å². The average molecular weight is 254 g/mol. The largest absolute Gasteiger partial charge is 0.468 e. The molecule has 0 radical (unpaired) electrons. The molecule has 0 bridgehead atoms. The standard InChI is InChI=1S/C12H18N2O4/c1-9(10-5-4-6-18-10)13-11(15)7-14(2)8-12(16)17-3/h4-6,9H,7-8H2,1-3H3,(H,13,15). The maximum absolute atomic E-state index is 11.7. The van der Waals surface area contributed by atoms with Gasteiger partial charge < -0.3 is 14.5 Å². The molecule has 100 valence electrons. The van der Waals surface area contributed by atoms with Crippen molar-refractivity contribution in [2.45, 2.75) is 13.0 Å². The van der Waals surface area contributed by atoms with Gasteiger partial charge in [-0.25, -0.2) is 0 Å². The van der Waals surface area contributed by atoms with Crippen LogP contribution in [-0.4, -0.2) is 44.0 Å². The molecule has 18 heavy (non-hydrogen) atoms. The molecule has 0 aromatic carbocycles. The first-order chi connectivity index (χ1) is 8.52. The minimum absolute atomic E-state index is 0.0824. The van der Waals surface area contributed by atoms with E-state index in [4.69, 9.17) is 4.42 Å². The average Bonchev–Trinajstić information content (AvgIpc) is 2.81. The number of hydrogen-bond donors (Lipinski definition) is 1. The number of amides is 1. The van der Waals surface area contributed by atoms with Crippen LogP contribution in [0.15, 0.2) is 22.8 Å². The van der Waals surface area contributed by atoms with Crippen molar-refractivity contribution >= 4 is 11.9 Å². The fourth-order valence-electron chi connectivity index (χ4n) is 1.48. The Morgan fingerprint density at radius 1 is 1.50 bits per heavy atom. The summed E-state index contributed by atoms with van der Waals surface area (Å²) in [6, 6.07) is 3.36. The summed E-state index contributed by atoms with van der Waals surface area (Å²) in [5.74, 6) is 0.147. The highest BCUT2D eigenvalue weighted by Crippen LogP contribution is 2.11.